The van der Waals surface area contributed by atoms with E-state index in [2.05, 4.69) is 5.16 Å². The number of nitrogens with zero attached hydrogens (tertiary/aromatic N) is 2. The highest BCUT2D eigenvalue weighted by molar-refractivity contribution is 6.54. The van der Waals surface area contributed by atoms with Gasteiger partial charge in [0.05, 0.1) is 18.7 Å². The molecule has 0 radical (unpaired) electrons. The van der Waals surface area contributed by atoms with Gasteiger partial charge in [-0.15, -0.1) is 0 Å². The van der Waals surface area contributed by atoms with Crippen molar-refractivity contribution in [3.8, 4) is 0 Å². The Labute approximate surface area is 167 Å². The fourth-order valence-electron chi connectivity index (χ4n) is 2.82. The zero-order valence-corrected chi connectivity index (χ0v) is 16.4. The van der Waals surface area contributed by atoms with Crippen LogP contribution < -0.4 is 4.90 Å². The van der Waals surface area contributed by atoms with E-state index in [1.165, 1.54) is 4.90 Å². The lowest BCUT2D eigenvalue weighted by Gasteiger charge is -2.18. The molecule has 1 amide bonds. The summed E-state index contributed by atoms with van der Waals surface area (Å²) in [5.41, 5.74) is 1.99. The second-order valence-corrected chi connectivity index (χ2v) is 7.42. The predicted octanol–water partition coefficient (Wildman–Crippen LogP) is 4.83. The van der Waals surface area contributed by atoms with E-state index in [9.17, 15) is 9.59 Å². The molecule has 0 aliphatic carbocycles. The van der Waals surface area contributed by atoms with E-state index in [1.807, 2.05) is 19.9 Å². The van der Waals surface area contributed by atoms with E-state index < -0.39 is 5.97 Å². The Morgan fingerprint density at radius 3 is 2.44 bits per heavy atom. The van der Waals surface area contributed by atoms with Crippen molar-refractivity contribution in [2.24, 2.45) is 11.1 Å². The van der Waals surface area contributed by atoms with Crippen LogP contribution in [0.4, 0.5) is 5.69 Å². The number of anilines is 1. The molecule has 0 atom stereocenters. The summed E-state index contributed by atoms with van der Waals surface area (Å²) in [6, 6.07) is 12.4. The predicted molar refractivity (Wildman–Crippen MR) is 106 cm³/mol. The standard InChI is InChI=1S/C20H18Cl2N2O3/c1-12(2)10-18(25)27-23-19-13-6-3-4-9-17(13)24(20(19)26)11-14-15(21)7-5-8-16(14)22/h3-9,12H,10-11H2,1-2H3/b23-19-. The van der Waals surface area contributed by atoms with Gasteiger partial charge in [0.1, 0.15) is 0 Å². The number of rotatable bonds is 5. The molecule has 5 nitrogen and oxygen atoms in total. The van der Waals surface area contributed by atoms with Crippen molar-refractivity contribution >= 4 is 46.5 Å². The van der Waals surface area contributed by atoms with Gasteiger partial charge in [0.15, 0.2) is 5.71 Å². The number of halogens is 2. The van der Waals surface area contributed by atoms with E-state index in [0.717, 1.165) is 0 Å². The minimum atomic E-state index is -0.477. The lowest BCUT2D eigenvalue weighted by molar-refractivity contribution is -0.144. The number of para-hydroxylation sites is 1. The van der Waals surface area contributed by atoms with E-state index in [0.29, 0.717) is 26.9 Å². The summed E-state index contributed by atoms with van der Waals surface area (Å²) < 4.78 is 0. The van der Waals surface area contributed by atoms with Gasteiger partial charge in [-0.05, 0) is 24.1 Å². The topological polar surface area (TPSA) is 59.0 Å². The van der Waals surface area contributed by atoms with Crippen LogP contribution in [0.5, 0.6) is 0 Å². The zero-order valence-electron chi connectivity index (χ0n) is 14.9. The van der Waals surface area contributed by atoms with Gasteiger partial charge in [-0.3, -0.25) is 4.79 Å². The number of hydrogen-bond donors (Lipinski definition) is 0. The van der Waals surface area contributed by atoms with Crippen molar-refractivity contribution < 1.29 is 14.4 Å². The summed E-state index contributed by atoms with van der Waals surface area (Å²) in [4.78, 5) is 31.2. The number of benzene rings is 2. The zero-order chi connectivity index (χ0) is 19.6. The Morgan fingerprint density at radius 1 is 1.11 bits per heavy atom. The summed E-state index contributed by atoms with van der Waals surface area (Å²) in [7, 11) is 0. The third-order valence-corrected chi connectivity index (χ3v) is 4.80. The first-order valence-corrected chi connectivity index (χ1v) is 9.26. The molecule has 7 heteroatoms. The largest absolute Gasteiger partial charge is 0.335 e. The van der Waals surface area contributed by atoms with Gasteiger partial charge in [-0.25, -0.2) is 4.79 Å². The first kappa shape index (κ1) is 19.4. The van der Waals surface area contributed by atoms with Gasteiger partial charge < -0.3 is 9.74 Å². The lowest BCUT2D eigenvalue weighted by Crippen LogP contribution is -2.30. The molecule has 140 valence electrons. The van der Waals surface area contributed by atoms with Crippen LogP contribution in [0, 0.1) is 5.92 Å². The van der Waals surface area contributed by atoms with Crippen LogP contribution >= 0.6 is 23.2 Å². The molecular weight excluding hydrogens is 387 g/mol. The Balaban J connectivity index is 1.92. The molecule has 0 spiro atoms. The minimum Gasteiger partial charge on any atom is -0.317 e. The number of carbonyl (C=O) groups excluding carboxylic acids is 2. The van der Waals surface area contributed by atoms with Crippen LogP contribution in [0.25, 0.3) is 0 Å². The molecule has 0 aromatic heterocycles. The summed E-state index contributed by atoms with van der Waals surface area (Å²) in [5, 5.41) is 4.79. The van der Waals surface area contributed by atoms with E-state index in [1.54, 1.807) is 36.4 Å². The normalized spacial score (nSPS) is 14.8. The third-order valence-electron chi connectivity index (χ3n) is 4.09. The maximum absolute atomic E-state index is 12.9. The molecule has 27 heavy (non-hydrogen) atoms. The van der Waals surface area contributed by atoms with Crippen molar-refractivity contribution in [3.05, 3.63) is 63.6 Å². The van der Waals surface area contributed by atoms with E-state index in [4.69, 9.17) is 28.0 Å². The van der Waals surface area contributed by atoms with Crippen LogP contribution in [0.1, 0.15) is 31.4 Å². The smallest absolute Gasteiger partial charge is 0.317 e. The fourth-order valence-corrected chi connectivity index (χ4v) is 3.33. The number of oxime groups is 1. The van der Waals surface area contributed by atoms with Crippen molar-refractivity contribution in [3.63, 3.8) is 0 Å². The first-order chi connectivity index (χ1) is 12.9. The molecule has 2 aromatic carbocycles. The van der Waals surface area contributed by atoms with Crippen LogP contribution in [-0.4, -0.2) is 17.6 Å². The highest BCUT2D eigenvalue weighted by Crippen LogP contribution is 2.34. The molecule has 1 heterocycles. The van der Waals surface area contributed by atoms with Crippen LogP contribution in [0.3, 0.4) is 0 Å². The number of amides is 1. The summed E-state index contributed by atoms with van der Waals surface area (Å²) in [6.45, 7) is 3.99. The Bertz CT molecular complexity index is 905. The Morgan fingerprint density at radius 2 is 1.78 bits per heavy atom. The second kappa shape index (κ2) is 8.11. The van der Waals surface area contributed by atoms with Gasteiger partial charge in [-0.2, -0.15) is 0 Å². The van der Waals surface area contributed by atoms with Gasteiger partial charge in [0, 0.05) is 21.2 Å². The lowest BCUT2D eigenvalue weighted by atomic mass is 10.1. The maximum atomic E-state index is 12.9. The van der Waals surface area contributed by atoms with Gasteiger partial charge >= 0.3 is 5.97 Å². The van der Waals surface area contributed by atoms with Crippen molar-refractivity contribution in [2.45, 2.75) is 26.8 Å². The average Bonchev–Trinajstić information content (AvgIpc) is 2.87. The molecule has 0 N–H and O–H groups in total. The molecular formula is C20H18Cl2N2O3. The monoisotopic (exact) mass is 404 g/mol. The summed E-state index contributed by atoms with van der Waals surface area (Å²) in [5.74, 6) is -0.706. The van der Waals surface area contributed by atoms with Crippen molar-refractivity contribution in [1.29, 1.82) is 0 Å². The quantitative estimate of drug-likeness (QED) is 0.529. The van der Waals surface area contributed by atoms with Crippen LogP contribution in [-0.2, 0) is 21.0 Å². The number of carbonyl (C=O) groups is 2. The Hall–Kier alpha value is -2.37. The highest BCUT2D eigenvalue weighted by Gasteiger charge is 2.35. The molecule has 0 saturated carbocycles. The molecule has 1 aliphatic heterocycles. The number of fused-ring (bicyclic) bond motifs is 1. The first-order valence-electron chi connectivity index (χ1n) is 8.50. The molecule has 2 aromatic rings. The number of hydrogen-bond acceptors (Lipinski definition) is 4. The van der Waals surface area contributed by atoms with Crippen molar-refractivity contribution in [1.82, 2.24) is 0 Å². The molecule has 1 aliphatic rings. The van der Waals surface area contributed by atoms with Gasteiger partial charge in [0.25, 0.3) is 5.91 Å². The summed E-state index contributed by atoms with van der Waals surface area (Å²) >= 11 is 12.5. The van der Waals surface area contributed by atoms with E-state index in [-0.39, 0.29) is 30.5 Å². The van der Waals surface area contributed by atoms with E-state index >= 15 is 0 Å². The highest BCUT2D eigenvalue weighted by atomic mass is 35.5. The molecule has 0 unspecified atom stereocenters. The average molecular weight is 405 g/mol. The fraction of sp³-hybridized carbons (Fsp3) is 0.250. The Kier molecular flexibility index (Phi) is 5.82. The summed E-state index contributed by atoms with van der Waals surface area (Å²) in [6.07, 6.45) is 0.228. The van der Waals surface area contributed by atoms with Crippen LogP contribution in [0.15, 0.2) is 47.6 Å². The van der Waals surface area contributed by atoms with Gasteiger partial charge in [-0.1, -0.05) is 66.5 Å². The molecule has 0 bridgehead atoms. The molecule has 0 saturated heterocycles. The molecule has 0 fully saturated rings. The second-order valence-electron chi connectivity index (χ2n) is 6.61. The minimum absolute atomic E-state index is 0.0888. The SMILES string of the molecule is CC(C)CC(=O)O/N=C1\C(=O)N(Cc2c(Cl)cccc2Cl)c2ccccc21. The molecule has 3 rings (SSSR count). The van der Waals surface area contributed by atoms with Crippen LogP contribution in [0.2, 0.25) is 10.0 Å². The van der Waals surface area contributed by atoms with Gasteiger partial charge in [0.2, 0.25) is 0 Å². The maximum Gasteiger partial charge on any atom is 0.335 e. The van der Waals surface area contributed by atoms with Crippen molar-refractivity contribution in [2.75, 3.05) is 4.90 Å². The third kappa shape index (κ3) is 4.15.